The van der Waals surface area contributed by atoms with Gasteiger partial charge in [0.2, 0.25) is 5.95 Å². The van der Waals surface area contributed by atoms with Crippen LogP contribution in [0.4, 0.5) is 5.95 Å². The Balaban J connectivity index is 2.02. The normalized spacial score (nSPS) is 13.6. The molecule has 0 unspecified atom stereocenters. The fraction of sp³-hybridized carbons (Fsp3) is 0.421. The van der Waals surface area contributed by atoms with Gasteiger partial charge in [-0.3, -0.25) is 0 Å². The molecule has 3 aromatic rings. The van der Waals surface area contributed by atoms with Gasteiger partial charge in [0.25, 0.3) is 0 Å². The minimum Gasteiger partial charge on any atom is -0.396 e. The van der Waals surface area contributed by atoms with Crippen LogP contribution in [0.5, 0.6) is 0 Å². The van der Waals surface area contributed by atoms with Gasteiger partial charge in [0.15, 0.2) is 5.65 Å². The van der Waals surface area contributed by atoms with E-state index in [2.05, 4.69) is 43.2 Å². The minimum atomic E-state index is -0.147. The number of rotatable bonds is 8. The molecule has 1 aromatic carbocycles. The van der Waals surface area contributed by atoms with Crippen molar-refractivity contribution in [3.63, 3.8) is 0 Å². The first-order valence-electron chi connectivity index (χ1n) is 9.28. The Morgan fingerprint density at radius 1 is 1.36 bits per heavy atom. The summed E-state index contributed by atoms with van der Waals surface area (Å²) in [7, 11) is 0. The number of nitrogens with zero attached hydrogens (tertiary/aromatic N) is 4. The molecule has 7 nitrogen and oxygen atoms in total. The van der Waals surface area contributed by atoms with Gasteiger partial charge in [0, 0.05) is 29.9 Å². The molecular formula is C19H24BrClN6O. The Morgan fingerprint density at radius 2 is 2.14 bits per heavy atom. The summed E-state index contributed by atoms with van der Waals surface area (Å²) < 4.78 is 2.39. The molecule has 0 radical (unpaired) electrons. The SMILES string of the molecule is CC[C@@H](CCCO)Nc1ncc2c(Br)nn(-c3cc(Cl)cc([C@H](C)N)c3)c2n1. The summed E-state index contributed by atoms with van der Waals surface area (Å²) in [5, 5.41) is 18.4. The summed E-state index contributed by atoms with van der Waals surface area (Å²) in [6, 6.07) is 5.69. The average Bonchev–Trinajstić information content (AvgIpc) is 3.00. The smallest absolute Gasteiger partial charge is 0.224 e. The van der Waals surface area contributed by atoms with Crippen LogP contribution < -0.4 is 11.1 Å². The maximum Gasteiger partial charge on any atom is 0.224 e. The Labute approximate surface area is 177 Å². The van der Waals surface area contributed by atoms with Gasteiger partial charge in [-0.2, -0.15) is 10.1 Å². The van der Waals surface area contributed by atoms with Crippen LogP contribution in [0.25, 0.3) is 16.7 Å². The van der Waals surface area contributed by atoms with Gasteiger partial charge in [0.05, 0.1) is 11.1 Å². The van der Waals surface area contributed by atoms with E-state index in [-0.39, 0.29) is 18.7 Å². The lowest BCUT2D eigenvalue weighted by Crippen LogP contribution is -2.20. The van der Waals surface area contributed by atoms with E-state index in [9.17, 15) is 0 Å². The van der Waals surface area contributed by atoms with Crippen molar-refractivity contribution in [2.75, 3.05) is 11.9 Å². The van der Waals surface area contributed by atoms with E-state index < -0.39 is 0 Å². The van der Waals surface area contributed by atoms with Crippen molar-refractivity contribution in [1.82, 2.24) is 19.7 Å². The highest BCUT2D eigenvalue weighted by atomic mass is 79.9. The highest BCUT2D eigenvalue weighted by molar-refractivity contribution is 9.10. The van der Waals surface area contributed by atoms with Crippen molar-refractivity contribution in [3.05, 3.63) is 39.6 Å². The second kappa shape index (κ2) is 9.17. The first kappa shape index (κ1) is 21.0. The molecule has 2 atom stereocenters. The predicted molar refractivity (Wildman–Crippen MR) is 116 cm³/mol. The van der Waals surface area contributed by atoms with Gasteiger partial charge in [0.1, 0.15) is 4.60 Å². The summed E-state index contributed by atoms with van der Waals surface area (Å²) >= 11 is 9.78. The van der Waals surface area contributed by atoms with Crippen LogP contribution in [0, 0.1) is 0 Å². The molecule has 2 heterocycles. The Hall–Kier alpha value is -1.74. The standard InChI is InChI=1S/C19H24BrClN6O/c1-3-14(5-4-6-28)24-19-23-10-16-17(20)26-27(18(16)25-19)15-8-12(11(2)22)7-13(21)9-15/h7-11,14,28H,3-6,22H2,1-2H3,(H,23,24,25)/t11-,14-/m0/s1. The lowest BCUT2D eigenvalue weighted by molar-refractivity contribution is 0.280. The first-order valence-corrected chi connectivity index (χ1v) is 10.4. The van der Waals surface area contributed by atoms with Crippen molar-refractivity contribution < 1.29 is 5.11 Å². The van der Waals surface area contributed by atoms with Gasteiger partial charge in [-0.05, 0) is 65.9 Å². The summed E-state index contributed by atoms with van der Waals surface area (Å²) in [5.41, 5.74) is 8.40. The van der Waals surface area contributed by atoms with E-state index in [0.29, 0.717) is 21.2 Å². The van der Waals surface area contributed by atoms with E-state index in [0.717, 1.165) is 35.9 Å². The molecule has 0 aliphatic heterocycles. The molecule has 0 spiro atoms. The topological polar surface area (TPSA) is 102 Å². The van der Waals surface area contributed by atoms with Crippen LogP contribution in [0.1, 0.15) is 44.7 Å². The van der Waals surface area contributed by atoms with Crippen LogP contribution in [-0.4, -0.2) is 37.5 Å². The number of nitrogens with one attached hydrogen (secondary N) is 1. The molecule has 150 valence electrons. The number of hydrogen-bond donors (Lipinski definition) is 3. The van der Waals surface area contributed by atoms with Gasteiger partial charge in [-0.15, -0.1) is 0 Å². The fourth-order valence-corrected chi connectivity index (χ4v) is 3.67. The van der Waals surface area contributed by atoms with Crippen molar-refractivity contribution >= 4 is 44.5 Å². The third kappa shape index (κ3) is 4.63. The molecule has 0 amide bonds. The van der Waals surface area contributed by atoms with Crippen molar-refractivity contribution in [1.29, 1.82) is 0 Å². The van der Waals surface area contributed by atoms with Gasteiger partial charge >= 0.3 is 0 Å². The zero-order chi connectivity index (χ0) is 20.3. The third-order valence-electron chi connectivity index (χ3n) is 4.59. The quantitative estimate of drug-likeness (QED) is 0.458. The van der Waals surface area contributed by atoms with Crippen LogP contribution in [0.15, 0.2) is 29.0 Å². The van der Waals surface area contributed by atoms with Gasteiger partial charge in [-0.1, -0.05) is 18.5 Å². The largest absolute Gasteiger partial charge is 0.396 e. The van der Waals surface area contributed by atoms with Crippen LogP contribution >= 0.6 is 27.5 Å². The molecule has 28 heavy (non-hydrogen) atoms. The minimum absolute atomic E-state index is 0.147. The number of halogens is 2. The molecular weight excluding hydrogens is 444 g/mol. The first-order chi connectivity index (χ1) is 13.4. The second-order valence-corrected chi connectivity index (χ2v) is 7.97. The van der Waals surface area contributed by atoms with Gasteiger partial charge < -0.3 is 16.2 Å². The zero-order valence-electron chi connectivity index (χ0n) is 15.9. The Kier molecular flexibility index (Phi) is 6.87. The lowest BCUT2D eigenvalue weighted by Gasteiger charge is -2.16. The van der Waals surface area contributed by atoms with E-state index >= 15 is 0 Å². The molecule has 0 fully saturated rings. The number of nitrogens with two attached hydrogens (primary N) is 1. The third-order valence-corrected chi connectivity index (χ3v) is 5.40. The summed E-state index contributed by atoms with van der Waals surface area (Å²) in [6.07, 6.45) is 4.24. The molecule has 0 saturated carbocycles. The average molecular weight is 468 g/mol. The maximum absolute atomic E-state index is 9.07. The Morgan fingerprint density at radius 3 is 2.82 bits per heavy atom. The Bertz CT molecular complexity index is 961. The lowest BCUT2D eigenvalue weighted by atomic mass is 10.1. The van der Waals surface area contributed by atoms with Crippen LogP contribution in [0.3, 0.4) is 0 Å². The molecule has 0 saturated heterocycles. The zero-order valence-corrected chi connectivity index (χ0v) is 18.2. The number of aromatic nitrogens is 4. The fourth-order valence-electron chi connectivity index (χ4n) is 3.00. The summed E-state index contributed by atoms with van der Waals surface area (Å²) in [4.78, 5) is 9.10. The number of benzene rings is 1. The number of hydrogen-bond acceptors (Lipinski definition) is 6. The van der Waals surface area contributed by atoms with E-state index in [1.165, 1.54) is 0 Å². The molecule has 9 heteroatoms. The van der Waals surface area contributed by atoms with Crippen molar-refractivity contribution in [2.24, 2.45) is 5.73 Å². The molecule has 4 N–H and O–H groups in total. The highest BCUT2D eigenvalue weighted by Crippen LogP contribution is 2.28. The van der Waals surface area contributed by atoms with E-state index in [1.807, 2.05) is 25.1 Å². The number of fused-ring (bicyclic) bond motifs is 1. The number of aliphatic hydroxyl groups is 1. The molecule has 0 aliphatic rings. The predicted octanol–water partition coefficient (Wildman–Crippen LogP) is 4.21. The highest BCUT2D eigenvalue weighted by Gasteiger charge is 2.16. The molecule has 3 rings (SSSR count). The van der Waals surface area contributed by atoms with E-state index in [1.54, 1.807) is 10.9 Å². The van der Waals surface area contributed by atoms with E-state index in [4.69, 9.17) is 22.4 Å². The molecule has 2 aromatic heterocycles. The van der Waals surface area contributed by atoms with Gasteiger partial charge in [-0.25, -0.2) is 9.67 Å². The summed E-state index contributed by atoms with van der Waals surface area (Å²) in [6.45, 7) is 4.18. The van der Waals surface area contributed by atoms with Crippen LogP contribution in [0.2, 0.25) is 5.02 Å². The van der Waals surface area contributed by atoms with Crippen molar-refractivity contribution in [3.8, 4) is 5.69 Å². The second-order valence-electron chi connectivity index (χ2n) is 6.78. The van der Waals surface area contributed by atoms with Crippen molar-refractivity contribution in [2.45, 2.75) is 45.2 Å². The van der Waals surface area contributed by atoms with Crippen LogP contribution in [-0.2, 0) is 0 Å². The summed E-state index contributed by atoms with van der Waals surface area (Å²) in [5.74, 6) is 0.528. The number of anilines is 1. The molecule has 0 bridgehead atoms. The molecule has 0 aliphatic carbocycles. The maximum atomic E-state index is 9.07. The number of aliphatic hydroxyl groups excluding tert-OH is 1. The monoisotopic (exact) mass is 466 g/mol.